The van der Waals surface area contributed by atoms with Gasteiger partial charge in [-0.25, -0.2) is 9.48 Å². The maximum Gasteiger partial charge on any atom is 0.336 e. The Bertz CT molecular complexity index is 1520. The fourth-order valence-electron chi connectivity index (χ4n) is 3.32. The highest BCUT2D eigenvalue weighted by molar-refractivity contribution is 6.30. The molecule has 0 unspecified atom stereocenters. The molecule has 0 bridgehead atoms. The molecule has 0 radical (unpaired) electrons. The minimum atomic E-state index is -1.23. The highest BCUT2D eigenvalue weighted by Gasteiger charge is 2.19. The number of aryl methyl sites for hydroxylation is 1. The molecule has 4 rings (SSSR count). The molecule has 0 aliphatic rings. The maximum absolute atomic E-state index is 12.9. The topological polar surface area (TPSA) is 137 Å². The Labute approximate surface area is 197 Å². The van der Waals surface area contributed by atoms with Crippen LogP contribution in [0.15, 0.2) is 81.8 Å². The second kappa shape index (κ2) is 9.16. The first kappa shape index (κ1) is 22.7. The van der Waals surface area contributed by atoms with E-state index >= 15 is 0 Å². The number of carbonyl (C=O) groups excluding carboxylic acids is 1. The Hall–Kier alpha value is -4.50. The van der Waals surface area contributed by atoms with Crippen LogP contribution in [0.1, 0.15) is 32.0 Å². The molecule has 0 saturated carbocycles. The van der Waals surface area contributed by atoms with Crippen molar-refractivity contribution in [1.82, 2.24) is 9.78 Å². The molecule has 1 aromatic heterocycles. The van der Waals surface area contributed by atoms with E-state index < -0.39 is 17.3 Å². The van der Waals surface area contributed by atoms with Crippen LogP contribution in [0.25, 0.3) is 5.69 Å². The van der Waals surface area contributed by atoms with E-state index in [0.717, 1.165) is 0 Å². The molecule has 0 atom stereocenters. The van der Waals surface area contributed by atoms with Crippen LogP contribution in [0.5, 0.6) is 5.75 Å². The quantitative estimate of drug-likeness (QED) is 0.260. The van der Waals surface area contributed by atoms with E-state index in [4.69, 9.17) is 11.6 Å². The fraction of sp³-hybridized carbons (Fsp3) is 0.0417. The van der Waals surface area contributed by atoms with Gasteiger partial charge in [-0.2, -0.15) is 0 Å². The molecule has 34 heavy (non-hydrogen) atoms. The number of aromatic nitrogens is 2. The Morgan fingerprint density at radius 1 is 0.971 bits per heavy atom. The van der Waals surface area contributed by atoms with Crippen molar-refractivity contribution in [2.24, 2.45) is 10.2 Å². The number of azo groups is 1. The molecule has 0 aliphatic heterocycles. The summed E-state index contributed by atoms with van der Waals surface area (Å²) in [6.45, 7) is 1.64. The average molecular weight is 477 g/mol. The lowest BCUT2D eigenvalue weighted by Gasteiger charge is -2.06. The number of ketones is 1. The fourth-order valence-corrected chi connectivity index (χ4v) is 3.51. The number of benzene rings is 3. The summed E-state index contributed by atoms with van der Waals surface area (Å²) in [5.41, 5.74) is 0.349. The zero-order valence-corrected chi connectivity index (χ0v) is 18.4. The zero-order chi connectivity index (χ0) is 24.4. The lowest BCUT2D eigenvalue weighted by molar-refractivity contribution is 0.0692. The molecular weight excluding hydrogens is 460 g/mol. The molecule has 1 heterocycles. The molecule has 0 saturated heterocycles. The van der Waals surface area contributed by atoms with Gasteiger partial charge in [0.15, 0.2) is 11.5 Å². The number of nitrogens with zero attached hydrogens (tertiary/aromatic N) is 3. The number of nitrogens with one attached hydrogen (secondary N) is 1. The van der Waals surface area contributed by atoms with Crippen LogP contribution in [0.2, 0.25) is 5.02 Å². The third-order valence-electron chi connectivity index (χ3n) is 5.00. The molecule has 0 fully saturated rings. The van der Waals surface area contributed by atoms with Crippen molar-refractivity contribution in [3.05, 3.63) is 104 Å². The Morgan fingerprint density at radius 3 is 2.41 bits per heavy atom. The van der Waals surface area contributed by atoms with E-state index in [-0.39, 0.29) is 33.8 Å². The number of carboxylic acids is 1. The van der Waals surface area contributed by atoms with Gasteiger partial charge in [-0.05, 0) is 49.4 Å². The normalized spacial score (nSPS) is 11.1. The van der Waals surface area contributed by atoms with Gasteiger partial charge in [-0.3, -0.25) is 14.7 Å². The van der Waals surface area contributed by atoms with Gasteiger partial charge in [0.25, 0.3) is 5.56 Å². The van der Waals surface area contributed by atoms with Crippen molar-refractivity contribution in [3.8, 4) is 11.4 Å². The first-order valence-electron chi connectivity index (χ1n) is 9.95. The van der Waals surface area contributed by atoms with Crippen molar-refractivity contribution in [1.29, 1.82) is 0 Å². The second-order valence-corrected chi connectivity index (χ2v) is 7.73. The Balaban J connectivity index is 1.70. The molecule has 0 aliphatic carbocycles. The predicted octanol–water partition coefficient (Wildman–Crippen LogP) is 5.18. The number of aromatic carboxylic acids is 1. The van der Waals surface area contributed by atoms with Crippen molar-refractivity contribution in [3.63, 3.8) is 0 Å². The number of phenols is 1. The minimum Gasteiger partial charge on any atom is -0.506 e. The van der Waals surface area contributed by atoms with Crippen molar-refractivity contribution >= 4 is 34.7 Å². The van der Waals surface area contributed by atoms with Gasteiger partial charge in [0.2, 0.25) is 0 Å². The summed E-state index contributed by atoms with van der Waals surface area (Å²) in [5.74, 6) is -2.06. The lowest BCUT2D eigenvalue weighted by atomic mass is 9.98. The predicted molar refractivity (Wildman–Crippen MR) is 125 cm³/mol. The largest absolute Gasteiger partial charge is 0.506 e. The van der Waals surface area contributed by atoms with E-state index in [0.29, 0.717) is 16.4 Å². The molecule has 0 amide bonds. The van der Waals surface area contributed by atoms with Gasteiger partial charge in [0.05, 0.1) is 16.9 Å². The van der Waals surface area contributed by atoms with Crippen LogP contribution < -0.4 is 5.56 Å². The summed E-state index contributed by atoms with van der Waals surface area (Å²) < 4.78 is 1.26. The number of hydrogen-bond donors (Lipinski definition) is 3. The van der Waals surface area contributed by atoms with Crippen molar-refractivity contribution in [2.45, 2.75) is 6.92 Å². The van der Waals surface area contributed by atoms with E-state index in [1.807, 2.05) is 0 Å². The number of hydrogen-bond acceptors (Lipinski definition) is 6. The SMILES string of the molecule is Cc1[nH]n(-c2cccc(Cl)c2)c(=O)c1N=Nc1cc(C(=O)c2ccccc2C(=O)O)ccc1O. The van der Waals surface area contributed by atoms with Crippen LogP contribution in [0.4, 0.5) is 11.4 Å². The number of phenolic OH excluding ortho intramolecular Hbond substituents is 1. The number of carboxylic acid groups (broad SMARTS) is 1. The van der Waals surface area contributed by atoms with Gasteiger partial charge in [0.1, 0.15) is 11.4 Å². The maximum atomic E-state index is 12.9. The number of H-pyrrole nitrogens is 1. The van der Waals surface area contributed by atoms with Crippen molar-refractivity contribution < 1.29 is 19.8 Å². The highest BCUT2D eigenvalue weighted by atomic mass is 35.5. The summed E-state index contributed by atoms with van der Waals surface area (Å²) in [5, 5.41) is 30.8. The Morgan fingerprint density at radius 2 is 1.71 bits per heavy atom. The number of aromatic hydroxyl groups is 1. The summed E-state index contributed by atoms with van der Waals surface area (Å²) in [7, 11) is 0. The third kappa shape index (κ3) is 4.37. The van der Waals surface area contributed by atoms with E-state index in [2.05, 4.69) is 15.3 Å². The first-order chi connectivity index (χ1) is 16.3. The molecular formula is C24H17ClN4O5. The third-order valence-corrected chi connectivity index (χ3v) is 5.24. The molecule has 3 aromatic carbocycles. The summed E-state index contributed by atoms with van der Waals surface area (Å²) in [6.07, 6.45) is 0. The van der Waals surface area contributed by atoms with Crippen LogP contribution in [-0.4, -0.2) is 31.7 Å². The summed E-state index contributed by atoms with van der Waals surface area (Å²) in [4.78, 5) is 37.2. The van der Waals surface area contributed by atoms with Crippen LogP contribution in [-0.2, 0) is 0 Å². The molecule has 0 spiro atoms. The first-order valence-corrected chi connectivity index (χ1v) is 10.3. The number of carbonyl (C=O) groups is 2. The van der Waals surface area contributed by atoms with Gasteiger partial charge < -0.3 is 10.2 Å². The van der Waals surface area contributed by atoms with Gasteiger partial charge in [-0.15, -0.1) is 10.2 Å². The van der Waals surface area contributed by atoms with Gasteiger partial charge in [0, 0.05) is 16.1 Å². The number of halogens is 1. The smallest absolute Gasteiger partial charge is 0.336 e. The Kier molecular flexibility index (Phi) is 6.11. The van der Waals surface area contributed by atoms with E-state index in [9.17, 15) is 24.6 Å². The number of aromatic amines is 1. The van der Waals surface area contributed by atoms with E-state index in [1.165, 1.54) is 41.1 Å². The molecule has 9 nitrogen and oxygen atoms in total. The summed E-state index contributed by atoms with van der Waals surface area (Å²) >= 11 is 6.00. The van der Waals surface area contributed by atoms with Crippen LogP contribution in [0, 0.1) is 6.92 Å². The average Bonchev–Trinajstić information content (AvgIpc) is 3.11. The molecule has 3 N–H and O–H groups in total. The highest BCUT2D eigenvalue weighted by Crippen LogP contribution is 2.30. The van der Waals surface area contributed by atoms with Crippen LogP contribution >= 0.6 is 11.6 Å². The van der Waals surface area contributed by atoms with Gasteiger partial charge in [-0.1, -0.05) is 35.9 Å². The standard InChI is InChI=1S/C24H17ClN4O5/c1-13-21(23(32)29(28-13)16-6-4-5-15(25)12-16)27-26-19-11-14(9-10-20(19)30)22(31)17-7-2-3-8-18(17)24(33)34/h2-12,28,30H,1H3,(H,33,34). The minimum absolute atomic E-state index is 0.00512. The summed E-state index contributed by atoms with van der Waals surface area (Å²) in [6, 6.07) is 16.4. The molecule has 170 valence electrons. The molecule has 10 heteroatoms. The number of rotatable bonds is 6. The molecule has 4 aromatic rings. The lowest BCUT2D eigenvalue weighted by Crippen LogP contribution is -2.13. The zero-order valence-electron chi connectivity index (χ0n) is 17.7. The second-order valence-electron chi connectivity index (χ2n) is 7.29. The van der Waals surface area contributed by atoms with Crippen molar-refractivity contribution in [2.75, 3.05) is 0 Å². The van der Waals surface area contributed by atoms with Crippen LogP contribution in [0.3, 0.4) is 0 Å². The monoisotopic (exact) mass is 476 g/mol. The van der Waals surface area contributed by atoms with Gasteiger partial charge >= 0.3 is 5.97 Å². The van der Waals surface area contributed by atoms with E-state index in [1.54, 1.807) is 37.3 Å².